The highest BCUT2D eigenvalue weighted by atomic mass is 32.2. The Kier molecular flexibility index (Phi) is 37.9. The van der Waals surface area contributed by atoms with E-state index in [1.165, 1.54) is 0 Å². The number of amides is 2. The lowest BCUT2D eigenvalue weighted by atomic mass is 10.00. The quantitative estimate of drug-likeness (QED) is 0.0139. The molecule has 0 bridgehead atoms. The van der Waals surface area contributed by atoms with Gasteiger partial charge in [-0.3, -0.25) is 18.9 Å². The third kappa shape index (κ3) is 29.0. The molecular formula is C63H98N3O25S+. The second-order valence-corrected chi connectivity index (χ2v) is 23.1. The molecule has 1 aromatic heterocycles. The van der Waals surface area contributed by atoms with E-state index in [1.54, 1.807) is 119 Å². The van der Waals surface area contributed by atoms with Crippen LogP contribution in [0.5, 0.6) is 17.2 Å². The van der Waals surface area contributed by atoms with Crippen molar-refractivity contribution in [2.45, 2.75) is 89.0 Å². The summed E-state index contributed by atoms with van der Waals surface area (Å²) in [4.78, 5) is 36.1. The maximum absolute atomic E-state index is 13.6. The van der Waals surface area contributed by atoms with Gasteiger partial charge in [0.2, 0.25) is 23.2 Å². The van der Waals surface area contributed by atoms with Crippen molar-refractivity contribution in [3.05, 3.63) is 70.8 Å². The van der Waals surface area contributed by atoms with Gasteiger partial charge in [0.15, 0.2) is 6.54 Å². The molecule has 0 spiro atoms. The van der Waals surface area contributed by atoms with Gasteiger partial charge in [0.25, 0.3) is 16.0 Å². The zero-order chi connectivity index (χ0) is 67.3. The van der Waals surface area contributed by atoms with Crippen molar-refractivity contribution >= 4 is 49.7 Å². The molecule has 4 aromatic rings. The molecular weight excluding hydrogens is 1230 g/mol. The first-order chi connectivity index (χ1) is 44.3. The van der Waals surface area contributed by atoms with Gasteiger partial charge in [0.1, 0.15) is 53.9 Å². The second-order valence-electron chi connectivity index (χ2n) is 21.5. The number of methoxy groups -OCH3 is 8. The number of nitrogens with zero attached hydrogens (tertiary/aromatic N) is 1. The maximum Gasteiger partial charge on any atom is 0.303 e. The number of benzene rings is 3. The van der Waals surface area contributed by atoms with E-state index in [0.29, 0.717) is 50.0 Å². The van der Waals surface area contributed by atoms with Gasteiger partial charge in [-0.2, -0.15) is 13.0 Å². The fourth-order valence-corrected chi connectivity index (χ4v) is 10.3. The zero-order valence-corrected chi connectivity index (χ0v) is 55.6. The molecule has 520 valence electrons. The molecule has 1 unspecified atom stereocenters. The Labute approximate surface area is 539 Å². The highest BCUT2D eigenvalue weighted by Crippen LogP contribution is 2.38. The topological polar surface area (TPSA) is 331 Å². The lowest BCUT2D eigenvalue weighted by Gasteiger charge is -2.26. The molecule has 0 aliphatic carbocycles. The van der Waals surface area contributed by atoms with Gasteiger partial charge < -0.3 is 101 Å². The normalized spacial score (nSPS) is 12.4. The molecule has 0 aliphatic rings. The molecule has 92 heavy (non-hydrogen) atoms. The number of aliphatic hydroxyl groups excluding tert-OH is 1. The number of aryl methyl sites for hydroxylation is 3. The highest BCUT2D eigenvalue weighted by Gasteiger charge is 2.30. The number of aliphatic hydroxyl groups is 1. The Morgan fingerprint density at radius 1 is 0.511 bits per heavy atom. The molecule has 28 nitrogen and oxygen atoms in total. The van der Waals surface area contributed by atoms with E-state index in [9.17, 15) is 32.5 Å². The van der Waals surface area contributed by atoms with Gasteiger partial charge in [-0.1, -0.05) is 0 Å². The average Bonchev–Trinajstić information content (AvgIpc) is 0.743. The molecule has 0 fully saturated rings. The summed E-state index contributed by atoms with van der Waals surface area (Å²) in [5.74, 6) is -1.24. The van der Waals surface area contributed by atoms with Crippen LogP contribution in [0.4, 0.5) is 0 Å². The first kappa shape index (κ1) is 78.9. The van der Waals surface area contributed by atoms with E-state index < -0.39 is 64.8 Å². The number of carbonyl (C=O) groups is 3. The fraction of sp³-hybridized carbons (Fsp3) is 0.651. The first-order valence-electron chi connectivity index (χ1n) is 30.3. The largest absolute Gasteiger partial charge is 0.486 e. The predicted octanol–water partition coefficient (Wildman–Crippen LogP) is 3.59. The van der Waals surface area contributed by atoms with Crippen molar-refractivity contribution in [2.24, 2.45) is 0 Å². The van der Waals surface area contributed by atoms with Crippen molar-refractivity contribution < 1.29 is 123 Å². The van der Waals surface area contributed by atoms with Gasteiger partial charge in [-0.15, -0.1) is 0 Å². The Morgan fingerprint density at radius 2 is 0.913 bits per heavy atom. The van der Waals surface area contributed by atoms with E-state index in [-0.39, 0.29) is 174 Å². The van der Waals surface area contributed by atoms with Gasteiger partial charge >= 0.3 is 5.97 Å². The minimum Gasteiger partial charge on any atom is -0.486 e. The molecule has 0 aliphatic heterocycles. The number of carbonyl (C=O) groups excluding carboxylic acids is 2. The summed E-state index contributed by atoms with van der Waals surface area (Å²) in [6, 6.07) is 13.7. The molecule has 3 aromatic carbocycles. The Bertz CT molecular complexity index is 2710. The predicted molar refractivity (Wildman–Crippen MR) is 335 cm³/mol. The number of fused-ring (bicyclic) bond motifs is 2. The van der Waals surface area contributed by atoms with Gasteiger partial charge in [0.05, 0.1) is 122 Å². The van der Waals surface area contributed by atoms with Crippen molar-refractivity contribution in [2.75, 3.05) is 181 Å². The lowest BCUT2D eigenvalue weighted by molar-refractivity contribution is -0.645. The number of carboxylic acids is 1. The molecule has 29 heteroatoms. The summed E-state index contributed by atoms with van der Waals surface area (Å²) < 4.78 is 136. The monoisotopic (exact) mass is 1330 g/mol. The summed E-state index contributed by atoms with van der Waals surface area (Å²) in [6.07, 6.45) is -4.84. The van der Waals surface area contributed by atoms with Gasteiger partial charge in [-0.25, -0.2) is 0 Å². The minimum absolute atomic E-state index is 0.0103. The average molecular weight is 1330 g/mol. The molecule has 2 amide bonds. The second kappa shape index (κ2) is 44.2. The Morgan fingerprint density at radius 3 is 1.29 bits per heavy atom. The summed E-state index contributed by atoms with van der Waals surface area (Å²) in [5.41, 5.74) is 2.64. The number of ether oxygens (including phenoxy) is 17. The molecule has 1 atom stereocenters. The van der Waals surface area contributed by atoms with Crippen molar-refractivity contribution in [3.63, 3.8) is 0 Å². The maximum atomic E-state index is 13.6. The minimum atomic E-state index is -4.39. The van der Waals surface area contributed by atoms with Crippen LogP contribution in [0.1, 0.15) is 59.0 Å². The molecule has 1 heterocycles. The van der Waals surface area contributed by atoms with Gasteiger partial charge in [0, 0.05) is 112 Å². The van der Waals surface area contributed by atoms with Crippen molar-refractivity contribution in [3.8, 4) is 17.2 Å². The van der Waals surface area contributed by atoms with Crippen molar-refractivity contribution in [1.82, 2.24) is 10.6 Å². The van der Waals surface area contributed by atoms with Crippen molar-refractivity contribution in [1.29, 1.82) is 0 Å². The molecule has 5 N–H and O–H groups in total. The molecule has 0 radical (unpaired) electrons. The summed E-state index contributed by atoms with van der Waals surface area (Å²) in [5, 5.41) is 28.0. The number of hydrogen-bond donors (Lipinski definition) is 5. The van der Waals surface area contributed by atoms with Crippen LogP contribution in [0.3, 0.4) is 0 Å². The number of aromatic nitrogens is 1. The standard InChI is InChI=1S/C63H97N3O25S/c1-43-27-45(62(70)65-20-23-84-25-24-83-22-19-64-58(67)13-11-14-59(68)69)28-44(2)61(43)91-63(71)60-54-29-46(89-52(39-85-48(31-75-3)32-76-4)40-86-49(33-77-5)34-78-6)15-17-56(54)66(21-12-26-92(72,73)74)57-18-16-47(30-55(57)60)90-53(41-87-50(35-79-7)36-80-8)42-88-51(37-81-9)38-82-10/h15-18,27-30,48-53,63,71H,11-14,19-26,31-42H2,1-10H3,(H3-,64,65,67,68,69,70,72,73,74)/p+1. The summed E-state index contributed by atoms with van der Waals surface area (Å²) in [7, 11) is 8.06. The van der Waals surface area contributed by atoms with Crippen LogP contribution < -0.4 is 29.4 Å². The van der Waals surface area contributed by atoms with Crippen LogP contribution in [0, 0.1) is 13.8 Å². The fourth-order valence-electron chi connectivity index (χ4n) is 9.77. The number of rotatable bonds is 53. The van der Waals surface area contributed by atoms with E-state index in [1.807, 2.05) is 4.57 Å². The van der Waals surface area contributed by atoms with Crippen LogP contribution in [0.25, 0.3) is 21.8 Å². The van der Waals surface area contributed by atoms with E-state index in [0.717, 1.165) is 0 Å². The highest BCUT2D eigenvalue weighted by molar-refractivity contribution is 7.85. The number of aliphatic carboxylic acids is 1. The van der Waals surface area contributed by atoms with E-state index >= 15 is 0 Å². The first-order valence-corrected chi connectivity index (χ1v) is 31.9. The summed E-state index contributed by atoms with van der Waals surface area (Å²) >= 11 is 0. The van der Waals surface area contributed by atoms with Crippen LogP contribution in [0.2, 0.25) is 0 Å². The zero-order valence-electron chi connectivity index (χ0n) is 54.8. The Hall–Kier alpha value is -5.55. The van der Waals surface area contributed by atoms with Crippen LogP contribution >= 0.6 is 0 Å². The number of nitrogens with one attached hydrogen (secondary N) is 2. The SMILES string of the molecule is COCC(COC)OCC(COC(COC)COC)Oc1ccc2c(c1)c(C(O)Oc1c(C)cc(C(=O)NCCOCCOCCNC(=O)CCCC(=O)O)cc1C)c1cc(OC(COC(COC)COC)COC(COC)COC)ccc1[n+]2CCCS(=O)(=O)O. The number of carboxylic acid groups (broad SMARTS) is 1. The van der Waals surface area contributed by atoms with Crippen LogP contribution in [-0.2, 0) is 92.6 Å². The molecule has 0 saturated heterocycles. The van der Waals surface area contributed by atoms with Crippen LogP contribution in [-0.4, -0.2) is 259 Å². The molecule has 4 rings (SSSR count). The third-order valence-corrected chi connectivity index (χ3v) is 14.6. The Balaban J connectivity index is 1.81. The number of pyridine rings is 1. The van der Waals surface area contributed by atoms with Crippen LogP contribution in [0.15, 0.2) is 48.5 Å². The van der Waals surface area contributed by atoms with E-state index in [2.05, 4.69) is 10.6 Å². The summed E-state index contributed by atoms with van der Waals surface area (Å²) in [6.45, 7) is 6.82. The third-order valence-electron chi connectivity index (χ3n) is 13.8. The number of hydrogen-bond acceptors (Lipinski definition) is 23. The van der Waals surface area contributed by atoms with E-state index in [4.69, 9.17) is 85.6 Å². The smallest absolute Gasteiger partial charge is 0.303 e. The van der Waals surface area contributed by atoms with Gasteiger partial charge in [-0.05, 0) is 67.8 Å². The lowest BCUT2D eigenvalue weighted by Crippen LogP contribution is -2.38. The molecule has 0 saturated carbocycles.